The van der Waals surface area contributed by atoms with E-state index in [1.165, 1.54) is 0 Å². The number of carbonyl (C=O) groups excluding carboxylic acids is 1. The molecule has 2 rings (SSSR count). The van der Waals surface area contributed by atoms with Gasteiger partial charge in [0.25, 0.3) is 0 Å². The summed E-state index contributed by atoms with van der Waals surface area (Å²) in [5.41, 5.74) is 2.30. The van der Waals surface area contributed by atoms with Gasteiger partial charge in [-0.3, -0.25) is 4.79 Å². The maximum atomic E-state index is 11.1. The summed E-state index contributed by atoms with van der Waals surface area (Å²) in [5, 5.41) is 10.3. The first kappa shape index (κ1) is 15.1. The predicted molar refractivity (Wildman–Crippen MR) is 83.1 cm³/mol. The van der Waals surface area contributed by atoms with Crippen LogP contribution in [-0.4, -0.2) is 18.0 Å². The Bertz CT molecular complexity index is 591. The third kappa shape index (κ3) is 4.09. The molecule has 110 valence electrons. The molecule has 0 aliphatic carbocycles. The van der Waals surface area contributed by atoms with Gasteiger partial charge in [0.15, 0.2) is 11.5 Å². The van der Waals surface area contributed by atoms with Gasteiger partial charge in [0, 0.05) is 17.5 Å². The van der Waals surface area contributed by atoms with Crippen LogP contribution in [0, 0.1) is 0 Å². The minimum absolute atomic E-state index is 0.126. The van der Waals surface area contributed by atoms with Crippen molar-refractivity contribution in [3.63, 3.8) is 0 Å². The number of phenolic OH excluding ortho intramolecular Hbond substituents is 1. The summed E-state index contributed by atoms with van der Waals surface area (Å²) >= 11 is 0. The third-order valence-electron chi connectivity index (χ3n) is 3.31. The average Bonchev–Trinajstić information content (AvgIpc) is 2.52. The zero-order chi connectivity index (χ0) is 15.1. The van der Waals surface area contributed by atoms with Crippen LogP contribution in [0.5, 0.6) is 11.5 Å². The quantitative estimate of drug-likeness (QED) is 0.618. The molecule has 2 aromatic rings. The average molecular weight is 284 g/mol. The zero-order valence-electron chi connectivity index (χ0n) is 12.2. The summed E-state index contributed by atoms with van der Waals surface area (Å²) in [7, 11) is 0. The van der Waals surface area contributed by atoms with Crippen molar-refractivity contribution in [1.29, 1.82) is 0 Å². The van der Waals surface area contributed by atoms with E-state index in [4.69, 9.17) is 4.74 Å². The lowest BCUT2D eigenvalue weighted by atomic mass is 10.0. The zero-order valence-corrected chi connectivity index (χ0v) is 12.2. The topological polar surface area (TPSA) is 46.5 Å². The Kier molecular flexibility index (Phi) is 5.38. The van der Waals surface area contributed by atoms with Crippen molar-refractivity contribution >= 4 is 6.29 Å². The fraction of sp³-hybridized carbons (Fsp3) is 0.278. The molecule has 0 heterocycles. The number of phenols is 1. The Morgan fingerprint density at radius 3 is 2.62 bits per heavy atom. The summed E-state index contributed by atoms with van der Waals surface area (Å²) in [6, 6.07) is 13.1. The second kappa shape index (κ2) is 7.48. The van der Waals surface area contributed by atoms with E-state index in [0.29, 0.717) is 29.9 Å². The van der Waals surface area contributed by atoms with E-state index in [0.717, 1.165) is 24.7 Å². The lowest BCUT2D eigenvalue weighted by molar-refractivity contribution is 0.112. The molecular formula is C18H20O3. The van der Waals surface area contributed by atoms with Crippen molar-refractivity contribution in [2.45, 2.75) is 26.2 Å². The van der Waals surface area contributed by atoms with Crippen molar-refractivity contribution < 1.29 is 14.6 Å². The van der Waals surface area contributed by atoms with E-state index >= 15 is 0 Å². The number of aromatic hydroxyl groups is 1. The van der Waals surface area contributed by atoms with E-state index in [2.05, 4.69) is 6.92 Å². The minimum Gasteiger partial charge on any atom is -0.504 e. The Morgan fingerprint density at radius 1 is 1.19 bits per heavy atom. The number of unbranched alkanes of at least 4 members (excludes halogenated alkanes) is 1. The van der Waals surface area contributed by atoms with Crippen LogP contribution in [0.1, 0.15) is 41.3 Å². The number of benzene rings is 2. The molecule has 0 unspecified atom stereocenters. The molecule has 0 atom stereocenters. The van der Waals surface area contributed by atoms with Gasteiger partial charge in [0.1, 0.15) is 6.29 Å². The lowest BCUT2D eigenvalue weighted by Gasteiger charge is -2.12. The molecule has 0 aliphatic rings. The van der Waals surface area contributed by atoms with Crippen LogP contribution in [-0.2, 0) is 6.42 Å². The van der Waals surface area contributed by atoms with Gasteiger partial charge in [-0.2, -0.15) is 0 Å². The van der Waals surface area contributed by atoms with Gasteiger partial charge in [0.2, 0.25) is 0 Å². The Balaban J connectivity index is 2.27. The lowest BCUT2D eigenvalue weighted by Crippen LogP contribution is -2.00. The molecule has 3 heteroatoms. The highest BCUT2D eigenvalue weighted by atomic mass is 16.5. The standard InChI is InChI=1S/C18H20O3/c1-2-3-9-21-17-12-15(13-19)11-16(18(17)20)10-14-7-5-4-6-8-14/h4-8,11-13,20H,2-3,9-10H2,1H3. The maximum Gasteiger partial charge on any atom is 0.161 e. The summed E-state index contributed by atoms with van der Waals surface area (Å²) in [5.74, 6) is 0.513. The molecule has 0 amide bonds. The van der Waals surface area contributed by atoms with Gasteiger partial charge in [-0.25, -0.2) is 0 Å². The monoisotopic (exact) mass is 284 g/mol. The van der Waals surface area contributed by atoms with Crippen LogP contribution in [0.4, 0.5) is 0 Å². The van der Waals surface area contributed by atoms with Gasteiger partial charge >= 0.3 is 0 Å². The van der Waals surface area contributed by atoms with Crippen LogP contribution in [0.15, 0.2) is 42.5 Å². The number of ether oxygens (including phenoxy) is 1. The number of hydrogen-bond acceptors (Lipinski definition) is 3. The fourth-order valence-electron chi connectivity index (χ4n) is 2.14. The first-order valence-electron chi connectivity index (χ1n) is 7.22. The first-order chi connectivity index (χ1) is 10.2. The predicted octanol–water partition coefficient (Wildman–Crippen LogP) is 3.97. The highest BCUT2D eigenvalue weighted by Gasteiger charge is 2.11. The molecule has 0 aromatic heterocycles. The molecule has 3 nitrogen and oxygen atoms in total. The molecule has 0 radical (unpaired) electrons. The Hall–Kier alpha value is -2.29. The number of hydrogen-bond donors (Lipinski definition) is 1. The Morgan fingerprint density at radius 2 is 1.95 bits per heavy atom. The first-order valence-corrected chi connectivity index (χ1v) is 7.22. The van der Waals surface area contributed by atoms with Crippen molar-refractivity contribution in [3.8, 4) is 11.5 Å². The number of rotatable bonds is 7. The third-order valence-corrected chi connectivity index (χ3v) is 3.31. The van der Waals surface area contributed by atoms with Gasteiger partial charge in [-0.05, 0) is 24.1 Å². The number of carbonyl (C=O) groups is 1. The minimum atomic E-state index is 0.126. The fourth-order valence-corrected chi connectivity index (χ4v) is 2.14. The highest BCUT2D eigenvalue weighted by molar-refractivity contribution is 5.77. The molecule has 0 saturated heterocycles. The SMILES string of the molecule is CCCCOc1cc(C=O)cc(Cc2ccccc2)c1O. The van der Waals surface area contributed by atoms with Crippen LogP contribution in [0.2, 0.25) is 0 Å². The molecule has 0 fully saturated rings. The molecule has 21 heavy (non-hydrogen) atoms. The molecule has 0 spiro atoms. The van der Waals surface area contributed by atoms with E-state index in [1.54, 1.807) is 12.1 Å². The van der Waals surface area contributed by atoms with Gasteiger partial charge < -0.3 is 9.84 Å². The molecule has 0 bridgehead atoms. The summed E-state index contributed by atoms with van der Waals surface area (Å²) in [6.45, 7) is 2.61. The maximum absolute atomic E-state index is 11.1. The Labute approximate surface area is 125 Å². The normalized spacial score (nSPS) is 10.3. The van der Waals surface area contributed by atoms with E-state index in [-0.39, 0.29) is 5.75 Å². The summed E-state index contributed by atoms with van der Waals surface area (Å²) in [6.07, 6.45) is 3.28. The van der Waals surface area contributed by atoms with Crippen molar-refractivity contribution in [2.75, 3.05) is 6.61 Å². The van der Waals surface area contributed by atoms with Crippen molar-refractivity contribution in [1.82, 2.24) is 0 Å². The van der Waals surface area contributed by atoms with Crippen molar-refractivity contribution in [2.24, 2.45) is 0 Å². The van der Waals surface area contributed by atoms with E-state index < -0.39 is 0 Å². The molecule has 2 aromatic carbocycles. The van der Waals surface area contributed by atoms with Crippen LogP contribution < -0.4 is 4.74 Å². The molecule has 0 saturated carbocycles. The summed E-state index contributed by atoms with van der Waals surface area (Å²) < 4.78 is 5.59. The van der Waals surface area contributed by atoms with E-state index in [9.17, 15) is 9.90 Å². The molecule has 1 N–H and O–H groups in total. The van der Waals surface area contributed by atoms with Crippen LogP contribution in [0.3, 0.4) is 0 Å². The largest absolute Gasteiger partial charge is 0.504 e. The number of aldehydes is 1. The van der Waals surface area contributed by atoms with Gasteiger partial charge in [-0.1, -0.05) is 43.7 Å². The second-order valence-electron chi connectivity index (χ2n) is 5.01. The van der Waals surface area contributed by atoms with Crippen molar-refractivity contribution in [3.05, 3.63) is 59.2 Å². The van der Waals surface area contributed by atoms with Gasteiger partial charge in [-0.15, -0.1) is 0 Å². The van der Waals surface area contributed by atoms with Crippen LogP contribution in [0.25, 0.3) is 0 Å². The second-order valence-corrected chi connectivity index (χ2v) is 5.01. The molecular weight excluding hydrogens is 264 g/mol. The smallest absolute Gasteiger partial charge is 0.161 e. The van der Waals surface area contributed by atoms with Gasteiger partial charge in [0.05, 0.1) is 6.61 Å². The van der Waals surface area contributed by atoms with E-state index in [1.807, 2.05) is 30.3 Å². The van der Waals surface area contributed by atoms with Crippen LogP contribution >= 0.6 is 0 Å². The summed E-state index contributed by atoms with van der Waals surface area (Å²) in [4.78, 5) is 11.1. The highest BCUT2D eigenvalue weighted by Crippen LogP contribution is 2.33. The molecule has 0 aliphatic heterocycles.